The Morgan fingerprint density at radius 1 is 1.15 bits per heavy atom. The lowest BCUT2D eigenvalue weighted by molar-refractivity contribution is -0.276. The summed E-state index contributed by atoms with van der Waals surface area (Å²) in [6.45, 7) is 0. The zero-order chi connectivity index (χ0) is 15.7. The van der Waals surface area contributed by atoms with E-state index in [9.17, 15) is 35.1 Å². The minimum Gasteiger partial charge on any atom is -0.404 e. The monoisotopic (exact) mass is 329 g/mol. The summed E-state index contributed by atoms with van der Waals surface area (Å²) < 4.78 is 103. The van der Waals surface area contributed by atoms with Gasteiger partial charge in [-0.15, -0.1) is 24.8 Å². The van der Waals surface area contributed by atoms with Gasteiger partial charge >= 0.3 is 12.5 Å². The Morgan fingerprint density at radius 2 is 1.70 bits per heavy atom. The van der Waals surface area contributed by atoms with Crippen LogP contribution in [0.3, 0.4) is 0 Å². The van der Waals surface area contributed by atoms with Gasteiger partial charge in [0, 0.05) is 6.20 Å². The molecule has 1 rings (SSSR count). The van der Waals surface area contributed by atoms with Crippen molar-refractivity contribution in [3.8, 4) is 5.75 Å². The predicted molar refractivity (Wildman–Crippen MR) is 50.4 cm³/mol. The Morgan fingerprint density at radius 3 is 2.05 bits per heavy atom. The topological polar surface area (TPSA) is 22.1 Å². The van der Waals surface area contributed by atoms with Gasteiger partial charge in [-0.05, 0) is 0 Å². The van der Waals surface area contributed by atoms with Crippen LogP contribution in [-0.2, 0) is 12.1 Å². The molecule has 0 aromatic carbocycles. The second-order valence-corrected chi connectivity index (χ2v) is 3.61. The summed E-state index contributed by atoms with van der Waals surface area (Å²) in [4.78, 5) is 3.00. The molecule has 0 saturated carbocycles. The number of hydrogen-bond acceptors (Lipinski definition) is 2. The quantitative estimate of drug-likeness (QED) is 0.593. The van der Waals surface area contributed by atoms with Gasteiger partial charge in [0.25, 0.3) is 6.43 Å². The first-order valence-electron chi connectivity index (χ1n) is 4.66. The van der Waals surface area contributed by atoms with Gasteiger partial charge in [0.2, 0.25) is 0 Å². The molecule has 0 aliphatic carbocycles. The SMILES string of the molecule is FC(F)c1cnc(CCl)c(C(F)(F)F)c1OC(F)(F)F. The molecule has 0 saturated heterocycles. The summed E-state index contributed by atoms with van der Waals surface area (Å²) in [5.74, 6) is -2.96. The van der Waals surface area contributed by atoms with Crippen LogP contribution in [0.1, 0.15) is 23.2 Å². The van der Waals surface area contributed by atoms with E-state index >= 15 is 0 Å². The number of halogens is 9. The fourth-order valence-electron chi connectivity index (χ4n) is 1.32. The molecule has 0 amide bonds. The first kappa shape index (κ1) is 16.7. The van der Waals surface area contributed by atoms with Crippen LogP contribution in [0.4, 0.5) is 35.1 Å². The summed E-state index contributed by atoms with van der Waals surface area (Å²) in [6, 6.07) is 0. The molecule has 2 nitrogen and oxygen atoms in total. The Balaban J connectivity index is 3.61. The molecule has 0 atom stereocenters. The van der Waals surface area contributed by atoms with Crippen molar-refractivity contribution in [1.82, 2.24) is 4.98 Å². The van der Waals surface area contributed by atoms with Crippen molar-refractivity contribution < 1.29 is 39.9 Å². The predicted octanol–water partition coefficient (Wildman–Crippen LogP) is 4.68. The second-order valence-electron chi connectivity index (χ2n) is 3.34. The van der Waals surface area contributed by atoms with Crippen molar-refractivity contribution in [3.05, 3.63) is 23.0 Å². The van der Waals surface area contributed by atoms with E-state index in [0.717, 1.165) is 0 Å². The summed E-state index contributed by atoms with van der Waals surface area (Å²) in [6.07, 6.45) is -14.4. The third-order valence-corrected chi connectivity index (χ3v) is 2.25. The number of rotatable bonds is 3. The molecular weight excluding hydrogens is 326 g/mol. The van der Waals surface area contributed by atoms with E-state index in [1.165, 1.54) is 0 Å². The third-order valence-electron chi connectivity index (χ3n) is 2.00. The van der Waals surface area contributed by atoms with Gasteiger partial charge in [-0.1, -0.05) is 0 Å². The molecule has 0 unspecified atom stereocenters. The van der Waals surface area contributed by atoms with Crippen LogP contribution < -0.4 is 4.74 Å². The average Bonchev–Trinajstić information content (AvgIpc) is 2.23. The molecule has 0 aliphatic heterocycles. The molecule has 0 aliphatic rings. The van der Waals surface area contributed by atoms with Gasteiger partial charge in [0.15, 0.2) is 5.75 Å². The van der Waals surface area contributed by atoms with Crippen LogP contribution in [0.15, 0.2) is 6.20 Å². The van der Waals surface area contributed by atoms with E-state index in [-0.39, 0.29) is 6.20 Å². The van der Waals surface area contributed by atoms with E-state index in [4.69, 9.17) is 11.6 Å². The first-order valence-corrected chi connectivity index (χ1v) is 5.19. The molecule has 0 bridgehead atoms. The normalized spacial score (nSPS) is 12.9. The van der Waals surface area contributed by atoms with Gasteiger partial charge in [0.1, 0.15) is 5.56 Å². The first-order chi connectivity index (χ1) is 8.97. The van der Waals surface area contributed by atoms with Gasteiger partial charge in [-0.25, -0.2) is 8.78 Å². The molecular formula is C9H4ClF8NO. The maximum Gasteiger partial charge on any atom is 0.573 e. The molecule has 0 spiro atoms. The summed E-state index contributed by atoms with van der Waals surface area (Å²) in [5.41, 5.74) is -4.73. The van der Waals surface area contributed by atoms with Crippen LogP contribution in [0, 0.1) is 0 Å². The fraction of sp³-hybridized carbons (Fsp3) is 0.444. The highest BCUT2D eigenvalue weighted by Gasteiger charge is 2.44. The summed E-state index contributed by atoms with van der Waals surface area (Å²) >= 11 is 5.13. The summed E-state index contributed by atoms with van der Waals surface area (Å²) in [7, 11) is 0. The van der Waals surface area contributed by atoms with Crippen molar-refractivity contribution in [2.45, 2.75) is 24.8 Å². The minimum absolute atomic E-state index is 0.165. The summed E-state index contributed by atoms with van der Waals surface area (Å²) in [5, 5.41) is 0. The smallest absolute Gasteiger partial charge is 0.404 e. The molecule has 1 heterocycles. The molecule has 0 fully saturated rings. The number of hydrogen-bond donors (Lipinski definition) is 0. The number of alkyl halides is 9. The molecule has 20 heavy (non-hydrogen) atoms. The van der Waals surface area contributed by atoms with E-state index in [1.807, 2.05) is 0 Å². The number of ether oxygens (including phenoxy) is 1. The van der Waals surface area contributed by atoms with Gasteiger partial charge in [0.05, 0.1) is 17.1 Å². The standard InChI is InChI=1S/C9H4ClF8NO/c10-1-4-5(8(13,14)15)6(20-9(16,17)18)3(2-19-4)7(11)12/h2,7H,1H2. The average molecular weight is 330 g/mol. The lowest BCUT2D eigenvalue weighted by Crippen LogP contribution is -2.23. The van der Waals surface area contributed by atoms with Crippen LogP contribution >= 0.6 is 11.6 Å². The highest BCUT2D eigenvalue weighted by molar-refractivity contribution is 6.17. The second kappa shape index (κ2) is 5.58. The van der Waals surface area contributed by atoms with Crippen LogP contribution in [0.25, 0.3) is 0 Å². The maximum absolute atomic E-state index is 12.7. The lowest BCUT2D eigenvalue weighted by Gasteiger charge is -2.20. The van der Waals surface area contributed by atoms with E-state index in [0.29, 0.717) is 0 Å². The van der Waals surface area contributed by atoms with Crippen LogP contribution in [0.5, 0.6) is 5.75 Å². The fourth-order valence-corrected chi connectivity index (χ4v) is 1.52. The van der Waals surface area contributed by atoms with Crippen molar-refractivity contribution in [2.24, 2.45) is 0 Å². The van der Waals surface area contributed by atoms with Crippen molar-refractivity contribution in [2.75, 3.05) is 0 Å². The Kier molecular flexibility index (Phi) is 4.67. The van der Waals surface area contributed by atoms with E-state index in [1.54, 1.807) is 0 Å². The van der Waals surface area contributed by atoms with Gasteiger partial charge < -0.3 is 4.74 Å². The molecule has 0 radical (unpaired) electrons. The van der Waals surface area contributed by atoms with Crippen molar-refractivity contribution >= 4 is 11.6 Å². The third kappa shape index (κ3) is 3.84. The molecule has 11 heteroatoms. The Labute approximate surface area is 111 Å². The lowest BCUT2D eigenvalue weighted by atomic mass is 10.1. The zero-order valence-corrected chi connectivity index (χ0v) is 9.87. The molecule has 1 aromatic heterocycles. The van der Waals surface area contributed by atoms with Crippen LogP contribution in [0.2, 0.25) is 0 Å². The molecule has 0 N–H and O–H groups in total. The Bertz CT molecular complexity index is 484. The van der Waals surface area contributed by atoms with Crippen molar-refractivity contribution in [1.29, 1.82) is 0 Å². The Hall–Kier alpha value is -1.32. The molecule has 1 aromatic rings. The largest absolute Gasteiger partial charge is 0.573 e. The maximum atomic E-state index is 12.7. The highest BCUT2D eigenvalue weighted by atomic mass is 35.5. The number of aromatic nitrogens is 1. The molecule has 114 valence electrons. The zero-order valence-electron chi connectivity index (χ0n) is 9.12. The number of pyridine rings is 1. The van der Waals surface area contributed by atoms with E-state index < -0.39 is 47.4 Å². The van der Waals surface area contributed by atoms with E-state index in [2.05, 4.69) is 9.72 Å². The number of nitrogens with zero attached hydrogens (tertiary/aromatic N) is 1. The van der Waals surface area contributed by atoms with Crippen molar-refractivity contribution in [3.63, 3.8) is 0 Å². The van der Waals surface area contributed by atoms with Gasteiger partial charge in [-0.2, -0.15) is 13.2 Å². The van der Waals surface area contributed by atoms with Gasteiger partial charge in [-0.3, -0.25) is 4.98 Å². The highest BCUT2D eigenvalue weighted by Crippen LogP contribution is 2.44. The van der Waals surface area contributed by atoms with Crippen LogP contribution in [-0.4, -0.2) is 11.3 Å². The minimum atomic E-state index is -5.57.